The standard InChI is InChI=1S/C48H31NO/c1-2-11-32(12-3-1)35-14-10-15-38(29-35)49(39-27-23-34-24-28-44-43-19-8-9-20-47(43)50-48(44)46(34)31-39)37-25-21-33(22-26-37)45-30-36-13-4-5-16-40(36)41-17-6-7-18-42(41)45/h1-31H. The van der Waals surface area contributed by atoms with Crippen molar-refractivity contribution in [1.82, 2.24) is 0 Å². The number of furan rings is 1. The minimum atomic E-state index is 0.907. The first kappa shape index (κ1) is 28.4. The summed E-state index contributed by atoms with van der Waals surface area (Å²) < 4.78 is 6.50. The van der Waals surface area contributed by atoms with Crippen LogP contribution in [0.15, 0.2) is 192 Å². The van der Waals surface area contributed by atoms with Gasteiger partial charge in [0.2, 0.25) is 0 Å². The van der Waals surface area contributed by atoms with Gasteiger partial charge in [0.05, 0.1) is 0 Å². The maximum absolute atomic E-state index is 6.50. The average molecular weight is 638 g/mol. The molecule has 0 aliphatic rings. The molecule has 10 rings (SSSR count). The summed E-state index contributed by atoms with van der Waals surface area (Å²) in [6.07, 6.45) is 0. The molecule has 1 heterocycles. The second kappa shape index (κ2) is 11.5. The largest absolute Gasteiger partial charge is 0.455 e. The second-order valence-corrected chi connectivity index (χ2v) is 12.9. The predicted molar refractivity (Wildman–Crippen MR) is 212 cm³/mol. The van der Waals surface area contributed by atoms with Gasteiger partial charge in [-0.2, -0.15) is 0 Å². The maximum atomic E-state index is 6.50. The quantitative estimate of drug-likeness (QED) is 0.175. The van der Waals surface area contributed by atoms with Crippen molar-refractivity contribution in [2.24, 2.45) is 0 Å². The Morgan fingerprint density at radius 1 is 0.320 bits per heavy atom. The first-order valence-electron chi connectivity index (χ1n) is 17.1. The van der Waals surface area contributed by atoms with E-state index in [-0.39, 0.29) is 0 Å². The molecule has 0 atom stereocenters. The van der Waals surface area contributed by atoms with Crippen LogP contribution in [0.1, 0.15) is 0 Å². The lowest BCUT2D eigenvalue weighted by atomic mass is 9.93. The molecule has 50 heavy (non-hydrogen) atoms. The van der Waals surface area contributed by atoms with E-state index >= 15 is 0 Å². The highest BCUT2D eigenvalue weighted by atomic mass is 16.3. The zero-order valence-electron chi connectivity index (χ0n) is 27.3. The van der Waals surface area contributed by atoms with Crippen molar-refractivity contribution in [3.63, 3.8) is 0 Å². The summed E-state index contributed by atoms with van der Waals surface area (Å²) in [6.45, 7) is 0. The van der Waals surface area contributed by atoms with Gasteiger partial charge in [-0.3, -0.25) is 0 Å². The minimum absolute atomic E-state index is 0.907. The van der Waals surface area contributed by atoms with Gasteiger partial charge in [0.25, 0.3) is 0 Å². The highest BCUT2D eigenvalue weighted by molar-refractivity contribution is 6.16. The molecule has 2 heteroatoms. The molecule has 0 saturated heterocycles. The van der Waals surface area contributed by atoms with Gasteiger partial charge in [-0.1, -0.05) is 133 Å². The van der Waals surface area contributed by atoms with Crippen LogP contribution < -0.4 is 4.90 Å². The molecule has 234 valence electrons. The summed E-state index contributed by atoms with van der Waals surface area (Å²) >= 11 is 0. The molecule has 0 N–H and O–H groups in total. The molecule has 1 aromatic heterocycles. The van der Waals surface area contributed by atoms with Crippen molar-refractivity contribution in [3.05, 3.63) is 188 Å². The summed E-state index contributed by atoms with van der Waals surface area (Å²) in [6, 6.07) is 67.5. The molecule has 2 nitrogen and oxygen atoms in total. The first-order valence-corrected chi connectivity index (χ1v) is 17.1. The lowest BCUT2D eigenvalue weighted by Crippen LogP contribution is -2.10. The molecule has 0 radical (unpaired) electrons. The Morgan fingerprint density at radius 2 is 0.980 bits per heavy atom. The number of hydrogen-bond donors (Lipinski definition) is 0. The fourth-order valence-electron chi connectivity index (χ4n) is 7.61. The molecule has 0 saturated carbocycles. The van der Waals surface area contributed by atoms with E-state index in [2.05, 4.69) is 181 Å². The molecular weight excluding hydrogens is 607 g/mol. The lowest BCUT2D eigenvalue weighted by molar-refractivity contribution is 0.672. The number of para-hydroxylation sites is 1. The van der Waals surface area contributed by atoms with E-state index in [4.69, 9.17) is 4.42 Å². The fourth-order valence-corrected chi connectivity index (χ4v) is 7.61. The van der Waals surface area contributed by atoms with E-state index < -0.39 is 0 Å². The third kappa shape index (κ3) is 4.65. The van der Waals surface area contributed by atoms with Crippen LogP contribution in [0, 0.1) is 0 Å². The summed E-state index contributed by atoms with van der Waals surface area (Å²) in [7, 11) is 0. The number of fused-ring (bicyclic) bond motifs is 8. The molecule has 0 bridgehead atoms. The second-order valence-electron chi connectivity index (χ2n) is 12.9. The van der Waals surface area contributed by atoms with Crippen LogP contribution in [0.2, 0.25) is 0 Å². The number of anilines is 3. The molecule has 0 aliphatic heterocycles. The van der Waals surface area contributed by atoms with E-state index in [0.29, 0.717) is 0 Å². The monoisotopic (exact) mass is 637 g/mol. The minimum Gasteiger partial charge on any atom is -0.455 e. The SMILES string of the molecule is c1ccc(-c2cccc(N(c3ccc(-c4cc5ccccc5c5ccccc45)cc3)c3ccc4ccc5c6ccccc6oc5c4c3)c2)cc1. The highest BCUT2D eigenvalue weighted by Gasteiger charge is 2.17. The molecule has 0 spiro atoms. The Kier molecular flexibility index (Phi) is 6.53. The Morgan fingerprint density at radius 3 is 1.84 bits per heavy atom. The van der Waals surface area contributed by atoms with E-state index in [1.54, 1.807) is 0 Å². The van der Waals surface area contributed by atoms with E-state index in [1.807, 2.05) is 12.1 Å². The fraction of sp³-hybridized carbons (Fsp3) is 0. The van der Waals surface area contributed by atoms with Gasteiger partial charge in [0, 0.05) is 33.2 Å². The highest BCUT2D eigenvalue weighted by Crippen LogP contribution is 2.42. The molecule has 0 unspecified atom stereocenters. The van der Waals surface area contributed by atoms with Gasteiger partial charge >= 0.3 is 0 Å². The molecular formula is C48H31NO. The Hall–Kier alpha value is -6.64. The Labute approximate surface area is 290 Å². The third-order valence-corrected chi connectivity index (χ3v) is 10.0. The van der Waals surface area contributed by atoms with Crippen LogP contribution in [-0.2, 0) is 0 Å². The zero-order chi connectivity index (χ0) is 33.0. The summed E-state index contributed by atoms with van der Waals surface area (Å²) in [5.74, 6) is 0. The van der Waals surface area contributed by atoms with Crippen LogP contribution in [0.25, 0.3) is 76.5 Å². The van der Waals surface area contributed by atoms with Gasteiger partial charge < -0.3 is 9.32 Å². The Balaban J connectivity index is 1.16. The van der Waals surface area contributed by atoms with Crippen molar-refractivity contribution in [2.45, 2.75) is 0 Å². The molecule has 0 fully saturated rings. The first-order chi connectivity index (χ1) is 24.8. The molecule has 0 aliphatic carbocycles. The molecule has 9 aromatic carbocycles. The maximum Gasteiger partial charge on any atom is 0.143 e. The Bertz CT molecular complexity index is 2870. The van der Waals surface area contributed by atoms with Crippen molar-refractivity contribution in [2.75, 3.05) is 4.90 Å². The summed E-state index contributed by atoms with van der Waals surface area (Å²) in [5, 5.41) is 9.58. The molecule has 10 aromatic rings. The summed E-state index contributed by atoms with van der Waals surface area (Å²) in [5.41, 5.74) is 9.86. The van der Waals surface area contributed by atoms with Crippen molar-refractivity contribution >= 4 is 71.3 Å². The number of hydrogen-bond acceptors (Lipinski definition) is 2. The summed E-state index contributed by atoms with van der Waals surface area (Å²) in [4.78, 5) is 2.36. The smallest absolute Gasteiger partial charge is 0.143 e. The van der Waals surface area contributed by atoms with E-state index in [1.165, 1.54) is 43.8 Å². The average Bonchev–Trinajstić information content (AvgIpc) is 3.58. The van der Waals surface area contributed by atoms with Crippen LogP contribution in [0.4, 0.5) is 17.1 Å². The van der Waals surface area contributed by atoms with E-state index in [9.17, 15) is 0 Å². The predicted octanol–water partition coefficient (Wildman–Crippen LogP) is 13.8. The number of benzene rings is 9. The zero-order valence-corrected chi connectivity index (χ0v) is 27.3. The third-order valence-electron chi connectivity index (χ3n) is 10.0. The normalized spacial score (nSPS) is 11.6. The van der Waals surface area contributed by atoms with Crippen molar-refractivity contribution in [3.8, 4) is 22.3 Å². The van der Waals surface area contributed by atoms with E-state index in [0.717, 1.165) is 49.8 Å². The lowest BCUT2D eigenvalue weighted by Gasteiger charge is -2.26. The van der Waals surface area contributed by atoms with Crippen molar-refractivity contribution in [1.29, 1.82) is 0 Å². The number of nitrogens with zero attached hydrogens (tertiary/aromatic N) is 1. The van der Waals surface area contributed by atoms with Crippen LogP contribution >= 0.6 is 0 Å². The topological polar surface area (TPSA) is 16.4 Å². The van der Waals surface area contributed by atoms with Crippen LogP contribution in [-0.4, -0.2) is 0 Å². The van der Waals surface area contributed by atoms with Crippen LogP contribution in [0.3, 0.4) is 0 Å². The van der Waals surface area contributed by atoms with Gasteiger partial charge in [-0.15, -0.1) is 0 Å². The van der Waals surface area contributed by atoms with Gasteiger partial charge in [0.1, 0.15) is 11.2 Å². The molecule has 0 amide bonds. The van der Waals surface area contributed by atoms with Crippen LogP contribution in [0.5, 0.6) is 0 Å². The van der Waals surface area contributed by atoms with Crippen molar-refractivity contribution < 1.29 is 4.42 Å². The number of rotatable bonds is 5. The van der Waals surface area contributed by atoms with Gasteiger partial charge in [-0.25, -0.2) is 0 Å². The van der Waals surface area contributed by atoms with Gasteiger partial charge in [-0.05, 0) is 104 Å². The van der Waals surface area contributed by atoms with Gasteiger partial charge in [0.15, 0.2) is 0 Å².